The minimum Gasteiger partial charge on any atom is -0.497 e. The van der Waals surface area contributed by atoms with Gasteiger partial charge < -0.3 is 19.8 Å². The summed E-state index contributed by atoms with van der Waals surface area (Å²) in [6.45, 7) is 3.14. The number of rotatable bonds is 7. The van der Waals surface area contributed by atoms with Crippen molar-refractivity contribution in [2.24, 2.45) is 0 Å². The molecule has 0 saturated heterocycles. The van der Waals surface area contributed by atoms with E-state index in [0.29, 0.717) is 13.2 Å². The minimum absolute atomic E-state index is 0.0794. The Balaban J connectivity index is 1.94. The number of ether oxygens (including phenoxy) is 2. The maximum atomic E-state index is 11.4. The molecule has 0 saturated carbocycles. The van der Waals surface area contributed by atoms with E-state index in [1.165, 1.54) is 0 Å². The van der Waals surface area contributed by atoms with Crippen molar-refractivity contribution in [2.45, 2.75) is 13.3 Å². The molecule has 108 valence electrons. The third kappa shape index (κ3) is 3.51. The van der Waals surface area contributed by atoms with Crippen molar-refractivity contribution < 1.29 is 14.3 Å². The van der Waals surface area contributed by atoms with E-state index < -0.39 is 0 Å². The largest absolute Gasteiger partial charge is 0.497 e. The van der Waals surface area contributed by atoms with E-state index >= 15 is 0 Å². The van der Waals surface area contributed by atoms with Crippen LogP contribution in [0.15, 0.2) is 24.4 Å². The molecule has 0 bridgehead atoms. The van der Waals surface area contributed by atoms with Crippen LogP contribution in [-0.2, 0) is 16.0 Å². The molecule has 0 atom stereocenters. The highest BCUT2D eigenvalue weighted by molar-refractivity contribution is 5.84. The summed E-state index contributed by atoms with van der Waals surface area (Å²) in [5, 5.41) is 3.97. The molecule has 1 aromatic heterocycles. The second-order valence-corrected chi connectivity index (χ2v) is 4.46. The SMILES string of the molecule is CCOCC(=O)NCCc1c[nH]c2ccc(OC)cc12. The molecule has 0 aliphatic carbocycles. The lowest BCUT2D eigenvalue weighted by Gasteiger charge is -2.05. The van der Waals surface area contributed by atoms with Crippen molar-refractivity contribution in [1.29, 1.82) is 0 Å². The number of carbonyl (C=O) groups is 1. The summed E-state index contributed by atoms with van der Waals surface area (Å²) >= 11 is 0. The molecular formula is C15H20N2O3. The van der Waals surface area contributed by atoms with Gasteiger partial charge in [-0.3, -0.25) is 4.79 Å². The lowest BCUT2D eigenvalue weighted by Crippen LogP contribution is -2.29. The molecule has 0 fully saturated rings. The van der Waals surface area contributed by atoms with Crippen LogP contribution >= 0.6 is 0 Å². The van der Waals surface area contributed by atoms with E-state index in [1.54, 1.807) is 7.11 Å². The van der Waals surface area contributed by atoms with Crippen LogP contribution in [0, 0.1) is 0 Å². The Morgan fingerprint density at radius 2 is 2.25 bits per heavy atom. The number of hydrogen-bond donors (Lipinski definition) is 2. The third-order valence-electron chi connectivity index (χ3n) is 3.13. The number of fused-ring (bicyclic) bond motifs is 1. The molecule has 1 heterocycles. The summed E-state index contributed by atoms with van der Waals surface area (Å²) in [6, 6.07) is 5.92. The van der Waals surface area contributed by atoms with Gasteiger partial charge in [-0.25, -0.2) is 0 Å². The molecule has 2 aromatic rings. The quantitative estimate of drug-likeness (QED) is 0.811. The molecule has 5 heteroatoms. The zero-order valence-electron chi connectivity index (χ0n) is 11.9. The van der Waals surface area contributed by atoms with Crippen LogP contribution in [0.4, 0.5) is 0 Å². The summed E-state index contributed by atoms with van der Waals surface area (Å²) in [4.78, 5) is 14.6. The molecule has 2 rings (SSSR count). The molecule has 1 aromatic carbocycles. The molecule has 0 aliphatic rings. The summed E-state index contributed by atoms with van der Waals surface area (Å²) < 4.78 is 10.3. The van der Waals surface area contributed by atoms with Gasteiger partial charge in [0.15, 0.2) is 0 Å². The first kappa shape index (κ1) is 14.4. The van der Waals surface area contributed by atoms with Crippen molar-refractivity contribution in [1.82, 2.24) is 10.3 Å². The molecule has 0 radical (unpaired) electrons. The summed E-state index contributed by atoms with van der Waals surface area (Å²) in [6.07, 6.45) is 2.74. The van der Waals surface area contributed by atoms with Crippen molar-refractivity contribution in [2.75, 3.05) is 26.9 Å². The average molecular weight is 276 g/mol. The molecule has 0 unspecified atom stereocenters. The molecule has 1 amide bonds. The number of nitrogens with one attached hydrogen (secondary N) is 2. The van der Waals surface area contributed by atoms with E-state index in [-0.39, 0.29) is 12.5 Å². The van der Waals surface area contributed by atoms with Gasteiger partial charge in [-0.15, -0.1) is 0 Å². The Hall–Kier alpha value is -2.01. The Bertz CT molecular complexity index is 578. The minimum atomic E-state index is -0.0794. The van der Waals surface area contributed by atoms with Crippen LogP contribution in [-0.4, -0.2) is 37.8 Å². The van der Waals surface area contributed by atoms with Gasteiger partial charge in [0.25, 0.3) is 0 Å². The fourth-order valence-electron chi connectivity index (χ4n) is 2.07. The van der Waals surface area contributed by atoms with Gasteiger partial charge in [-0.2, -0.15) is 0 Å². The van der Waals surface area contributed by atoms with Gasteiger partial charge in [0.1, 0.15) is 12.4 Å². The van der Waals surface area contributed by atoms with Crippen molar-refractivity contribution in [3.05, 3.63) is 30.0 Å². The van der Waals surface area contributed by atoms with Crippen LogP contribution in [0.3, 0.4) is 0 Å². The highest BCUT2D eigenvalue weighted by Gasteiger charge is 2.06. The number of carbonyl (C=O) groups excluding carboxylic acids is 1. The first-order valence-corrected chi connectivity index (χ1v) is 6.73. The smallest absolute Gasteiger partial charge is 0.246 e. The van der Waals surface area contributed by atoms with Crippen LogP contribution < -0.4 is 10.1 Å². The van der Waals surface area contributed by atoms with Crippen LogP contribution in [0.5, 0.6) is 5.75 Å². The second-order valence-electron chi connectivity index (χ2n) is 4.46. The monoisotopic (exact) mass is 276 g/mol. The van der Waals surface area contributed by atoms with E-state index in [9.17, 15) is 4.79 Å². The lowest BCUT2D eigenvalue weighted by molar-refractivity contribution is -0.125. The van der Waals surface area contributed by atoms with Crippen LogP contribution in [0.2, 0.25) is 0 Å². The predicted molar refractivity (Wildman–Crippen MR) is 78.1 cm³/mol. The number of H-pyrrole nitrogens is 1. The maximum absolute atomic E-state index is 11.4. The Morgan fingerprint density at radius 3 is 3.00 bits per heavy atom. The summed E-state index contributed by atoms with van der Waals surface area (Å²) in [7, 11) is 1.65. The third-order valence-corrected chi connectivity index (χ3v) is 3.13. The normalized spacial score (nSPS) is 10.7. The summed E-state index contributed by atoms with van der Waals surface area (Å²) in [5.41, 5.74) is 2.23. The predicted octanol–water partition coefficient (Wildman–Crippen LogP) is 1.87. The second kappa shape index (κ2) is 6.96. The topological polar surface area (TPSA) is 63.3 Å². The van der Waals surface area contributed by atoms with Crippen molar-refractivity contribution in [3.63, 3.8) is 0 Å². The fraction of sp³-hybridized carbons (Fsp3) is 0.400. The van der Waals surface area contributed by atoms with Gasteiger partial charge in [0, 0.05) is 30.3 Å². The molecule has 5 nitrogen and oxygen atoms in total. The molecule has 20 heavy (non-hydrogen) atoms. The Morgan fingerprint density at radius 1 is 1.40 bits per heavy atom. The van der Waals surface area contributed by atoms with Crippen LogP contribution in [0.25, 0.3) is 10.9 Å². The number of amides is 1. The Kier molecular flexibility index (Phi) is 5.01. The molecular weight excluding hydrogens is 256 g/mol. The van der Waals surface area contributed by atoms with E-state index in [1.807, 2.05) is 31.3 Å². The lowest BCUT2D eigenvalue weighted by atomic mass is 10.1. The molecule has 0 spiro atoms. The van der Waals surface area contributed by atoms with Gasteiger partial charge in [0.05, 0.1) is 7.11 Å². The van der Waals surface area contributed by atoms with Gasteiger partial charge in [-0.1, -0.05) is 0 Å². The summed E-state index contributed by atoms with van der Waals surface area (Å²) in [5.74, 6) is 0.753. The zero-order chi connectivity index (χ0) is 14.4. The first-order valence-electron chi connectivity index (χ1n) is 6.73. The zero-order valence-corrected chi connectivity index (χ0v) is 11.9. The number of benzene rings is 1. The van der Waals surface area contributed by atoms with Crippen molar-refractivity contribution >= 4 is 16.8 Å². The van der Waals surface area contributed by atoms with Crippen molar-refractivity contribution in [3.8, 4) is 5.75 Å². The highest BCUT2D eigenvalue weighted by Crippen LogP contribution is 2.23. The van der Waals surface area contributed by atoms with Gasteiger partial charge >= 0.3 is 0 Å². The van der Waals surface area contributed by atoms with E-state index in [0.717, 1.165) is 28.6 Å². The Labute approximate surface area is 118 Å². The number of methoxy groups -OCH3 is 1. The van der Waals surface area contributed by atoms with Crippen LogP contribution in [0.1, 0.15) is 12.5 Å². The van der Waals surface area contributed by atoms with E-state index in [4.69, 9.17) is 9.47 Å². The molecule has 0 aliphatic heterocycles. The van der Waals surface area contributed by atoms with Gasteiger partial charge in [-0.05, 0) is 37.1 Å². The first-order chi connectivity index (χ1) is 9.74. The highest BCUT2D eigenvalue weighted by atomic mass is 16.5. The van der Waals surface area contributed by atoms with Gasteiger partial charge in [0.2, 0.25) is 5.91 Å². The number of hydrogen-bond acceptors (Lipinski definition) is 3. The average Bonchev–Trinajstić information content (AvgIpc) is 2.87. The molecule has 2 N–H and O–H groups in total. The number of aromatic amines is 1. The fourth-order valence-corrected chi connectivity index (χ4v) is 2.07. The van der Waals surface area contributed by atoms with E-state index in [2.05, 4.69) is 10.3 Å². The standard InChI is InChI=1S/C15H20N2O3/c1-3-20-10-15(18)16-7-6-11-9-17-14-5-4-12(19-2)8-13(11)14/h4-5,8-9,17H,3,6-7,10H2,1-2H3,(H,16,18). The maximum Gasteiger partial charge on any atom is 0.246 e. The number of aromatic nitrogens is 1.